The molecule has 0 aliphatic heterocycles. The first-order valence-electron chi connectivity index (χ1n) is 11.1. The van der Waals surface area contributed by atoms with Crippen molar-refractivity contribution in [1.29, 1.82) is 0 Å². The van der Waals surface area contributed by atoms with Gasteiger partial charge < -0.3 is 4.90 Å². The molecule has 0 spiro atoms. The Hall–Kier alpha value is -2.36. The van der Waals surface area contributed by atoms with Gasteiger partial charge in [-0.1, -0.05) is 51.8 Å². The van der Waals surface area contributed by atoms with E-state index in [2.05, 4.69) is 76.1 Å². The monoisotopic (exact) mass is 392 g/mol. The van der Waals surface area contributed by atoms with E-state index in [0.717, 1.165) is 30.9 Å². The number of aromatic nitrogens is 3. The molecule has 3 aromatic rings. The number of imidazole rings is 1. The second-order valence-electron chi connectivity index (χ2n) is 8.67. The highest BCUT2D eigenvalue weighted by Gasteiger charge is 2.22. The minimum atomic E-state index is 0.602. The van der Waals surface area contributed by atoms with Crippen molar-refractivity contribution in [3.63, 3.8) is 0 Å². The maximum atomic E-state index is 5.11. The zero-order chi connectivity index (χ0) is 21.1. The second-order valence-corrected chi connectivity index (χ2v) is 8.67. The molecular formula is C25H36N4. The van der Waals surface area contributed by atoms with Crippen LogP contribution in [0.1, 0.15) is 62.9 Å². The number of hydrogen-bond acceptors (Lipinski definition) is 3. The molecule has 0 aliphatic rings. The molecule has 4 heteroatoms. The van der Waals surface area contributed by atoms with Crippen LogP contribution in [0.3, 0.4) is 0 Å². The highest BCUT2D eigenvalue weighted by molar-refractivity contribution is 5.80. The third-order valence-electron chi connectivity index (χ3n) is 5.50. The van der Waals surface area contributed by atoms with E-state index in [4.69, 9.17) is 9.97 Å². The molecule has 0 saturated carbocycles. The normalized spacial score (nSPS) is 11.6. The maximum absolute atomic E-state index is 5.11. The van der Waals surface area contributed by atoms with Crippen molar-refractivity contribution < 1.29 is 0 Å². The van der Waals surface area contributed by atoms with E-state index in [1.165, 1.54) is 46.6 Å². The van der Waals surface area contributed by atoms with Gasteiger partial charge in [-0.05, 0) is 50.7 Å². The number of fused-ring (bicyclic) bond motifs is 1. The van der Waals surface area contributed by atoms with E-state index < -0.39 is 0 Å². The Morgan fingerprint density at radius 1 is 1.07 bits per heavy atom. The molecule has 0 atom stereocenters. The lowest BCUT2D eigenvalue weighted by Crippen LogP contribution is -2.30. The first-order chi connectivity index (χ1) is 13.9. The van der Waals surface area contributed by atoms with E-state index in [1.807, 2.05) is 6.20 Å². The number of anilines is 1. The van der Waals surface area contributed by atoms with E-state index in [9.17, 15) is 0 Å². The lowest BCUT2D eigenvalue weighted by atomic mass is 9.97. The minimum Gasteiger partial charge on any atom is -0.356 e. The molecule has 2 heterocycles. The number of aryl methyl sites for hydroxylation is 4. The van der Waals surface area contributed by atoms with Crippen LogP contribution in [0.15, 0.2) is 24.5 Å². The van der Waals surface area contributed by atoms with Crippen molar-refractivity contribution in [3.8, 4) is 11.3 Å². The average Bonchev–Trinajstić information content (AvgIpc) is 3.03. The molecule has 3 rings (SSSR count). The van der Waals surface area contributed by atoms with E-state index >= 15 is 0 Å². The molecule has 29 heavy (non-hydrogen) atoms. The molecule has 0 bridgehead atoms. The molecule has 0 unspecified atom stereocenters. The molecule has 0 N–H and O–H groups in total. The molecule has 1 aromatic carbocycles. The highest BCUT2D eigenvalue weighted by atomic mass is 15.3. The Morgan fingerprint density at radius 3 is 2.34 bits per heavy atom. The van der Waals surface area contributed by atoms with Crippen LogP contribution in [0.5, 0.6) is 0 Å². The van der Waals surface area contributed by atoms with Gasteiger partial charge in [0.2, 0.25) is 0 Å². The average molecular weight is 393 g/mol. The third kappa shape index (κ3) is 4.31. The van der Waals surface area contributed by atoms with Crippen LogP contribution in [-0.4, -0.2) is 27.5 Å². The van der Waals surface area contributed by atoms with Crippen LogP contribution in [0.25, 0.3) is 16.9 Å². The van der Waals surface area contributed by atoms with Crippen LogP contribution in [-0.2, 0) is 6.42 Å². The summed E-state index contributed by atoms with van der Waals surface area (Å²) in [5.74, 6) is 1.85. The number of nitrogens with zero attached hydrogens (tertiary/aromatic N) is 4. The van der Waals surface area contributed by atoms with Crippen LogP contribution in [0.2, 0.25) is 0 Å². The molecule has 0 saturated heterocycles. The molecular weight excluding hydrogens is 356 g/mol. The summed E-state index contributed by atoms with van der Waals surface area (Å²) in [5.41, 5.74) is 8.15. The lowest BCUT2D eigenvalue weighted by molar-refractivity contribution is 0.589. The Morgan fingerprint density at radius 2 is 1.76 bits per heavy atom. The molecule has 4 nitrogen and oxygen atoms in total. The van der Waals surface area contributed by atoms with Gasteiger partial charge in [0.1, 0.15) is 11.5 Å². The van der Waals surface area contributed by atoms with Gasteiger partial charge in [-0.15, -0.1) is 0 Å². The van der Waals surface area contributed by atoms with Crippen molar-refractivity contribution in [2.24, 2.45) is 5.92 Å². The van der Waals surface area contributed by atoms with Crippen molar-refractivity contribution >= 4 is 11.5 Å². The standard InChI is InChI=1S/C25H36N4/c1-8-10-12-28(16-17(3)4)25-21(9-2)27-24-23(26-11-13-29(24)25)22-19(6)14-18(5)15-20(22)7/h11,13-15,17H,8-10,12,16H2,1-7H3. The van der Waals surface area contributed by atoms with Gasteiger partial charge in [0.05, 0.1) is 5.69 Å². The van der Waals surface area contributed by atoms with Crippen molar-refractivity contribution in [1.82, 2.24) is 14.4 Å². The Bertz CT molecular complexity index is 961. The van der Waals surface area contributed by atoms with Crippen LogP contribution >= 0.6 is 0 Å². The predicted molar refractivity (Wildman–Crippen MR) is 124 cm³/mol. The largest absolute Gasteiger partial charge is 0.356 e. The van der Waals surface area contributed by atoms with Crippen LogP contribution in [0, 0.1) is 26.7 Å². The minimum absolute atomic E-state index is 0.602. The SMILES string of the molecule is CCCCN(CC(C)C)c1c(CC)nc2c(-c3c(C)cc(C)cc3C)nccn12. The molecule has 0 amide bonds. The summed E-state index contributed by atoms with van der Waals surface area (Å²) in [4.78, 5) is 12.4. The van der Waals surface area contributed by atoms with Crippen LogP contribution < -0.4 is 4.90 Å². The summed E-state index contributed by atoms with van der Waals surface area (Å²) in [6.07, 6.45) is 7.32. The van der Waals surface area contributed by atoms with Gasteiger partial charge >= 0.3 is 0 Å². The fourth-order valence-electron chi connectivity index (χ4n) is 4.39. The number of hydrogen-bond donors (Lipinski definition) is 0. The summed E-state index contributed by atoms with van der Waals surface area (Å²) >= 11 is 0. The zero-order valence-electron chi connectivity index (χ0n) is 19.2. The summed E-state index contributed by atoms with van der Waals surface area (Å²) in [6, 6.07) is 4.48. The zero-order valence-corrected chi connectivity index (χ0v) is 19.2. The maximum Gasteiger partial charge on any atom is 0.165 e. The van der Waals surface area contributed by atoms with Crippen molar-refractivity contribution in [2.75, 3.05) is 18.0 Å². The predicted octanol–water partition coefficient (Wildman–Crippen LogP) is 6.15. The van der Waals surface area contributed by atoms with Gasteiger partial charge in [-0.25, -0.2) is 4.98 Å². The Kier molecular flexibility index (Phi) is 6.61. The highest BCUT2D eigenvalue weighted by Crippen LogP contribution is 2.33. The number of rotatable bonds is 8. The van der Waals surface area contributed by atoms with Crippen molar-refractivity contribution in [3.05, 3.63) is 46.9 Å². The summed E-state index contributed by atoms with van der Waals surface area (Å²) in [7, 11) is 0. The first kappa shape index (κ1) is 21.4. The van der Waals surface area contributed by atoms with Gasteiger partial charge in [0.25, 0.3) is 0 Å². The fraction of sp³-hybridized carbons (Fsp3) is 0.520. The smallest absolute Gasteiger partial charge is 0.165 e. The third-order valence-corrected chi connectivity index (χ3v) is 5.50. The van der Waals surface area contributed by atoms with Gasteiger partial charge in [-0.2, -0.15) is 0 Å². The summed E-state index contributed by atoms with van der Waals surface area (Å²) in [5, 5.41) is 0. The van der Waals surface area contributed by atoms with E-state index in [0.29, 0.717) is 5.92 Å². The summed E-state index contributed by atoms with van der Waals surface area (Å²) in [6.45, 7) is 17.7. The number of benzene rings is 1. The summed E-state index contributed by atoms with van der Waals surface area (Å²) < 4.78 is 2.28. The first-order valence-corrected chi connectivity index (χ1v) is 11.1. The topological polar surface area (TPSA) is 33.4 Å². The molecule has 0 aliphatic carbocycles. The quantitative estimate of drug-likeness (QED) is 0.461. The number of unbranched alkanes of at least 4 members (excludes halogenated alkanes) is 1. The Balaban J connectivity index is 2.23. The fourth-order valence-corrected chi connectivity index (χ4v) is 4.39. The molecule has 156 valence electrons. The molecule has 0 fully saturated rings. The second kappa shape index (κ2) is 8.98. The van der Waals surface area contributed by atoms with Gasteiger partial charge in [0.15, 0.2) is 5.65 Å². The van der Waals surface area contributed by atoms with Crippen molar-refractivity contribution in [2.45, 2.75) is 67.7 Å². The van der Waals surface area contributed by atoms with E-state index in [-0.39, 0.29) is 0 Å². The van der Waals surface area contributed by atoms with E-state index in [1.54, 1.807) is 0 Å². The van der Waals surface area contributed by atoms with Crippen LogP contribution in [0.4, 0.5) is 5.82 Å². The lowest BCUT2D eigenvalue weighted by Gasteiger charge is -2.27. The molecule has 2 aromatic heterocycles. The van der Waals surface area contributed by atoms with Gasteiger partial charge in [0, 0.05) is 31.0 Å². The Labute approximate surface area is 176 Å². The van der Waals surface area contributed by atoms with Gasteiger partial charge in [-0.3, -0.25) is 9.38 Å². The molecule has 0 radical (unpaired) electrons.